The summed E-state index contributed by atoms with van der Waals surface area (Å²) in [6.45, 7) is 0.117. The average Bonchev–Trinajstić information content (AvgIpc) is 3.29. The molecule has 1 amide bonds. The number of hydrogen-bond donors (Lipinski definition) is 1. The lowest BCUT2D eigenvalue weighted by atomic mass is 9.98. The topological polar surface area (TPSA) is 53.9 Å². The lowest BCUT2D eigenvalue weighted by Crippen LogP contribution is -2.32. The number of ether oxygens (including phenoxy) is 1. The fraction of sp³-hybridized carbons (Fsp3) is 0.154. The number of anilines is 1. The minimum Gasteiger partial charge on any atom is -0.497 e. The Morgan fingerprint density at radius 2 is 1.90 bits per heavy atom. The molecule has 1 heterocycles. The third-order valence-electron chi connectivity index (χ3n) is 5.25. The van der Waals surface area contributed by atoms with Crippen molar-refractivity contribution in [3.05, 3.63) is 95.6 Å². The molecule has 0 fully saturated rings. The summed E-state index contributed by atoms with van der Waals surface area (Å²) in [6.07, 6.45) is 6.12. The smallest absolute Gasteiger partial charge is 0.262 e. The highest BCUT2D eigenvalue weighted by atomic mass is 16.5. The van der Waals surface area contributed by atoms with E-state index in [1.54, 1.807) is 12.1 Å². The summed E-state index contributed by atoms with van der Waals surface area (Å²) in [4.78, 5) is 13.1. The Hall–Kier alpha value is -4.04. The molecule has 0 saturated heterocycles. The standard InChI is InChI=1S/C26H23N3O2/c1-3-19-8-7-11-22(16-19)27-18-26(30)29-25(21-12-14-23(31-2)15-13-21)17-24(28-29)20-9-5-4-6-10-20/h1,4-16,25,27H,17-18H2,2H3. The van der Waals surface area contributed by atoms with E-state index in [0.29, 0.717) is 6.42 Å². The fourth-order valence-corrected chi connectivity index (χ4v) is 3.61. The lowest BCUT2D eigenvalue weighted by molar-refractivity contribution is -0.131. The van der Waals surface area contributed by atoms with Crippen molar-refractivity contribution < 1.29 is 9.53 Å². The number of methoxy groups -OCH3 is 1. The summed E-state index contributed by atoms with van der Waals surface area (Å²) >= 11 is 0. The molecule has 5 heteroatoms. The maximum Gasteiger partial charge on any atom is 0.262 e. The molecular formula is C26H23N3O2. The predicted molar refractivity (Wildman–Crippen MR) is 123 cm³/mol. The van der Waals surface area contributed by atoms with Crippen molar-refractivity contribution in [1.29, 1.82) is 0 Å². The van der Waals surface area contributed by atoms with Gasteiger partial charge in [0.1, 0.15) is 5.75 Å². The summed E-state index contributed by atoms with van der Waals surface area (Å²) in [7, 11) is 1.64. The Balaban J connectivity index is 1.57. The van der Waals surface area contributed by atoms with Crippen LogP contribution in [-0.2, 0) is 4.79 Å². The van der Waals surface area contributed by atoms with Crippen LogP contribution >= 0.6 is 0 Å². The van der Waals surface area contributed by atoms with Gasteiger partial charge < -0.3 is 10.1 Å². The van der Waals surface area contributed by atoms with Gasteiger partial charge in [-0.2, -0.15) is 5.10 Å². The number of rotatable bonds is 6. The number of amides is 1. The average molecular weight is 409 g/mol. The number of carbonyl (C=O) groups is 1. The van der Waals surface area contributed by atoms with E-state index in [9.17, 15) is 4.79 Å². The molecular weight excluding hydrogens is 386 g/mol. The fourth-order valence-electron chi connectivity index (χ4n) is 3.61. The molecule has 3 aromatic carbocycles. The van der Waals surface area contributed by atoms with Crippen LogP contribution in [0.5, 0.6) is 5.75 Å². The quantitative estimate of drug-likeness (QED) is 0.612. The van der Waals surface area contributed by atoms with Gasteiger partial charge in [-0.25, -0.2) is 5.01 Å². The summed E-state index contributed by atoms with van der Waals surface area (Å²) in [6, 6.07) is 25.0. The van der Waals surface area contributed by atoms with E-state index < -0.39 is 0 Å². The van der Waals surface area contributed by atoms with Crippen molar-refractivity contribution in [3.63, 3.8) is 0 Å². The van der Waals surface area contributed by atoms with E-state index in [2.05, 4.69) is 11.2 Å². The molecule has 0 aromatic heterocycles. The lowest BCUT2D eigenvalue weighted by Gasteiger charge is -2.22. The second kappa shape index (κ2) is 9.19. The summed E-state index contributed by atoms with van der Waals surface area (Å²) in [5.41, 5.74) is 4.49. The van der Waals surface area contributed by atoms with Crippen LogP contribution in [0.25, 0.3) is 0 Å². The Morgan fingerprint density at radius 3 is 2.61 bits per heavy atom. The molecule has 4 rings (SSSR count). The minimum absolute atomic E-state index is 0.113. The molecule has 0 bridgehead atoms. The first-order valence-electron chi connectivity index (χ1n) is 10.1. The van der Waals surface area contributed by atoms with Gasteiger partial charge in [-0.3, -0.25) is 4.79 Å². The zero-order valence-corrected chi connectivity index (χ0v) is 17.3. The van der Waals surface area contributed by atoms with Gasteiger partial charge in [0.05, 0.1) is 25.4 Å². The van der Waals surface area contributed by atoms with Crippen LogP contribution in [0.15, 0.2) is 84.0 Å². The molecule has 0 aliphatic carbocycles. The molecule has 0 saturated carbocycles. The Kier molecular flexibility index (Phi) is 6.00. The van der Waals surface area contributed by atoms with E-state index in [-0.39, 0.29) is 18.5 Å². The van der Waals surface area contributed by atoms with Crippen LogP contribution < -0.4 is 10.1 Å². The predicted octanol–water partition coefficient (Wildman–Crippen LogP) is 4.47. The molecule has 0 radical (unpaired) electrons. The van der Waals surface area contributed by atoms with Gasteiger partial charge in [0, 0.05) is 17.7 Å². The van der Waals surface area contributed by atoms with E-state index in [4.69, 9.17) is 16.3 Å². The van der Waals surface area contributed by atoms with Gasteiger partial charge >= 0.3 is 0 Å². The summed E-state index contributed by atoms with van der Waals surface area (Å²) < 4.78 is 5.27. The van der Waals surface area contributed by atoms with E-state index in [0.717, 1.165) is 33.8 Å². The normalized spacial score (nSPS) is 15.2. The van der Waals surface area contributed by atoms with Gasteiger partial charge in [-0.1, -0.05) is 54.5 Å². The number of nitrogens with zero attached hydrogens (tertiary/aromatic N) is 2. The van der Waals surface area contributed by atoms with Crippen LogP contribution in [0.1, 0.15) is 29.2 Å². The highest BCUT2D eigenvalue weighted by Crippen LogP contribution is 2.33. The Labute approximate surface area is 182 Å². The van der Waals surface area contributed by atoms with E-state index >= 15 is 0 Å². The molecule has 1 atom stereocenters. The molecule has 154 valence electrons. The number of hydrogen-bond acceptors (Lipinski definition) is 4. The van der Waals surface area contributed by atoms with Crippen LogP contribution in [0, 0.1) is 12.3 Å². The summed E-state index contributed by atoms with van der Waals surface area (Å²) in [5.74, 6) is 3.27. The molecule has 1 unspecified atom stereocenters. The summed E-state index contributed by atoms with van der Waals surface area (Å²) in [5, 5.41) is 9.45. The first-order chi connectivity index (χ1) is 15.2. The van der Waals surface area contributed by atoms with Gasteiger partial charge in [0.25, 0.3) is 5.91 Å². The van der Waals surface area contributed by atoms with Crippen LogP contribution in [0.4, 0.5) is 5.69 Å². The van der Waals surface area contributed by atoms with Crippen molar-refractivity contribution in [1.82, 2.24) is 5.01 Å². The molecule has 31 heavy (non-hydrogen) atoms. The maximum absolute atomic E-state index is 13.1. The number of terminal acetylenes is 1. The van der Waals surface area contributed by atoms with Crippen molar-refractivity contribution in [2.45, 2.75) is 12.5 Å². The first-order valence-corrected chi connectivity index (χ1v) is 10.1. The minimum atomic E-state index is -0.174. The third kappa shape index (κ3) is 4.59. The monoisotopic (exact) mass is 409 g/mol. The zero-order chi connectivity index (χ0) is 21.6. The van der Waals surface area contributed by atoms with Gasteiger partial charge in [-0.05, 0) is 41.5 Å². The van der Waals surface area contributed by atoms with Crippen molar-refractivity contribution in [2.75, 3.05) is 19.0 Å². The Morgan fingerprint density at radius 1 is 1.13 bits per heavy atom. The van der Waals surface area contributed by atoms with E-state index in [1.165, 1.54) is 0 Å². The second-order valence-corrected chi connectivity index (χ2v) is 7.22. The SMILES string of the molecule is C#Cc1cccc(NCC(=O)N2N=C(c3ccccc3)CC2c2ccc(OC)cc2)c1. The Bertz CT molecular complexity index is 1130. The molecule has 1 aliphatic heterocycles. The molecule has 1 aliphatic rings. The van der Waals surface area contributed by atoms with Crippen LogP contribution in [-0.4, -0.2) is 30.3 Å². The molecule has 5 nitrogen and oxygen atoms in total. The van der Waals surface area contributed by atoms with Crippen molar-refractivity contribution in [2.24, 2.45) is 5.10 Å². The van der Waals surface area contributed by atoms with Crippen molar-refractivity contribution >= 4 is 17.3 Å². The van der Waals surface area contributed by atoms with Crippen LogP contribution in [0.2, 0.25) is 0 Å². The van der Waals surface area contributed by atoms with Crippen LogP contribution in [0.3, 0.4) is 0 Å². The number of carbonyl (C=O) groups excluding carboxylic acids is 1. The van der Waals surface area contributed by atoms with Gasteiger partial charge in [0.2, 0.25) is 0 Å². The maximum atomic E-state index is 13.1. The van der Waals surface area contributed by atoms with Crippen molar-refractivity contribution in [3.8, 4) is 18.1 Å². The second-order valence-electron chi connectivity index (χ2n) is 7.22. The largest absolute Gasteiger partial charge is 0.497 e. The third-order valence-corrected chi connectivity index (χ3v) is 5.25. The molecule has 1 N–H and O–H groups in total. The zero-order valence-electron chi connectivity index (χ0n) is 17.3. The first kappa shape index (κ1) is 20.2. The van der Waals surface area contributed by atoms with E-state index in [1.807, 2.05) is 78.9 Å². The number of benzene rings is 3. The highest BCUT2D eigenvalue weighted by Gasteiger charge is 2.32. The molecule has 3 aromatic rings. The van der Waals surface area contributed by atoms with Gasteiger partial charge in [-0.15, -0.1) is 6.42 Å². The number of hydrazone groups is 1. The molecule has 0 spiro atoms. The van der Waals surface area contributed by atoms with Gasteiger partial charge in [0.15, 0.2) is 0 Å². The highest BCUT2D eigenvalue weighted by molar-refractivity contribution is 6.03. The number of nitrogens with one attached hydrogen (secondary N) is 1.